The summed E-state index contributed by atoms with van der Waals surface area (Å²) in [6.45, 7) is 3.97. The van der Waals surface area contributed by atoms with Crippen LogP contribution in [0.2, 0.25) is 0 Å². The monoisotopic (exact) mass is 319 g/mol. The van der Waals surface area contributed by atoms with Crippen molar-refractivity contribution in [3.05, 3.63) is 18.2 Å². The largest absolute Gasteiger partial charge is 0.486 e. The van der Waals surface area contributed by atoms with Crippen LogP contribution in [0.15, 0.2) is 18.2 Å². The van der Waals surface area contributed by atoms with Crippen LogP contribution in [0.25, 0.3) is 0 Å². The second-order valence-corrected chi connectivity index (χ2v) is 6.07. The van der Waals surface area contributed by atoms with Crippen molar-refractivity contribution in [2.24, 2.45) is 0 Å². The molecule has 1 aliphatic heterocycles. The molecule has 1 aromatic rings. The molecular formula is C18H25NO4. The first-order valence-electron chi connectivity index (χ1n) is 8.60. The summed E-state index contributed by atoms with van der Waals surface area (Å²) in [5.74, 6) is 2.12. The van der Waals surface area contributed by atoms with E-state index in [9.17, 15) is 4.79 Å². The van der Waals surface area contributed by atoms with E-state index in [2.05, 4.69) is 0 Å². The van der Waals surface area contributed by atoms with Gasteiger partial charge in [-0.25, -0.2) is 0 Å². The van der Waals surface area contributed by atoms with Crippen LogP contribution in [0.1, 0.15) is 39.0 Å². The zero-order chi connectivity index (χ0) is 16.1. The van der Waals surface area contributed by atoms with Crippen molar-refractivity contribution in [3.8, 4) is 17.2 Å². The number of amides is 1. The molecule has 0 radical (unpaired) electrons. The fourth-order valence-corrected chi connectivity index (χ4v) is 3.37. The molecule has 0 saturated heterocycles. The van der Waals surface area contributed by atoms with Gasteiger partial charge in [-0.2, -0.15) is 0 Å². The Balaban J connectivity index is 1.57. The summed E-state index contributed by atoms with van der Waals surface area (Å²) < 4.78 is 16.7. The van der Waals surface area contributed by atoms with Crippen LogP contribution in [0.4, 0.5) is 0 Å². The third-order valence-electron chi connectivity index (χ3n) is 4.55. The highest BCUT2D eigenvalue weighted by Gasteiger charge is 2.24. The fraction of sp³-hybridized carbons (Fsp3) is 0.611. The van der Waals surface area contributed by atoms with Crippen molar-refractivity contribution in [1.82, 2.24) is 4.90 Å². The van der Waals surface area contributed by atoms with Crippen molar-refractivity contribution in [3.63, 3.8) is 0 Å². The Kier molecular flexibility index (Phi) is 5.26. The molecule has 1 amide bonds. The van der Waals surface area contributed by atoms with Crippen molar-refractivity contribution in [2.45, 2.75) is 45.1 Å². The summed E-state index contributed by atoms with van der Waals surface area (Å²) in [4.78, 5) is 14.5. The third-order valence-corrected chi connectivity index (χ3v) is 4.55. The standard InChI is InChI=1S/C18H25NO4/c1-2-19(14-6-4-3-5-7-14)18(20)13-23-15-8-9-16-17(12-15)22-11-10-21-16/h8-9,12,14H,2-7,10-11,13H2,1H3. The molecule has 0 spiro atoms. The summed E-state index contributed by atoms with van der Waals surface area (Å²) in [6.07, 6.45) is 5.96. The van der Waals surface area contributed by atoms with Gasteiger partial charge in [0.05, 0.1) is 0 Å². The summed E-state index contributed by atoms with van der Waals surface area (Å²) in [5.41, 5.74) is 0. The highest BCUT2D eigenvalue weighted by Crippen LogP contribution is 2.33. The van der Waals surface area contributed by atoms with Crippen LogP contribution >= 0.6 is 0 Å². The van der Waals surface area contributed by atoms with Gasteiger partial charge in [0.25, 0.3) is 5.91 Å². The molecule has 1 heterocycles. The average molecular weight is 319 g/mol. The highest BCUT2D eigenvalue weighted by molar-refractivity contribution is 5.78. The van der Waals surface area contributed by atoms with Gasteiger partial charge in [0, 0.05) is 18.7 Å². The Morgan fingerprint density at radius 1 is 1.17 bits per heavy atom. The lowest BCUT2D eigenvalue weighted by Gasteiger charge is -2.33. The minimum absolute atomic E-state index is 0.0642. The number of nitrogens with zero attached hydrogens (tertiary/aromatic N) is 1. The Morgan fingerprint density at radius 2 is 1.91 bits per heavy atom. The normalized spacial score (nSPS) is 17.6. The maximum atomic E-state index is 12.5. The number of carbonyl (C=O) groups is 1. The Labute approximate surface area is 137 Å². The van der Waals surface area contributed by atoms with Crippen LogP contribution in [-0.2, 0) is 4.79 Å². The van der Waals surface area contributed by atoms with Gasteiger partial charge in [0.2, 0.25) is 0 Å². The molecule has 5 heteroatoms. The number of likely N-dealkylation sites (N-methyl/N-ethyl adjacent to an activating group) is 1. The lowest BCUT2D eigenvalue weighted by atomic mass is 9.94. The molecule has 1 aromatic carbocycles. The van der Waals surface area contributed by atoms with E-state index in [1.54, 1.807) is 6.07 Å². The summed E-state index contributed by atoms with van der Waals surface area (Å²) in [6, 6.07) is 5.81. The lowest BCUT2D eigenvalue weighted by Crippen LogP contribution is -2.43. The first-order chi connectivity index (χ1) is 11.3. The van der Waals surface area contributed by atoms with Gasteiger partial charge >= 0.3 is 0 Å². The van der Waals surface area contributed by atoms with Crippen molar-refractivity contribution < 1.29 is 19.0 Å². The van der Waals surface area contributed by atoms with E-state index in [0.29, 0.717) is 30.8 Å². The van der Waals surface area contributed by atoms with Gasteiger partial charge in [-0.05, 0) is 31.9 Å². The van der Waals surface area contributed by atoms with Gasteiger partial charge < -0.3 is 19.1 Å². The smallest absolute Gasteiger partial charge is 0.260 e. The molecule has 0 N–H and O–H groups in total. The third kappa shape index (κ3) is 3.89. The Hall–Kier alpha value is -1.91. The van der Waals surface area contributed by atoms with Crippen LogP contribution in [0.5, 0.6) is 17.2 Å². The molecular weight excluding hydrogens is 294 g/mol. The number of hydrogen-bond donors (Lipinski definition) is 0. The van der Waals surface area contributed by atoms with E-state index in [1.165, 1.54) is 19.3 Å². The average Bonchev–Trinajstić information content (AvgIpc) is 2.61. The van der Waals surface area contributed by atoms with Crippen LogP contribution in [-0.4, -0.2) is 43.2 Å². The van der Waals surface area contributed by atoms with Gasteiger partial charge in [-0.3, -0.25) is 4.79 Å². The quantitative estimate of drug-likeness (QED) is 0.837. The zero-order valence-corrected chi connectivity index (χ0v) is 13.8. The number of ether oxygens (including phenoxy) is 3. The zero-order valence-electron chi connectivity index (χ0n) is 13.8. The maximum absolute atomic E-state index is 12.5. The molecule has 1 fully saturated rings. The molecule has 0 bridgehead atoms. The summed E-state index contributed by atoms with van der Waals surface area (Å²) in [5, 5.41) is 0. The Morgan fingerprint density at radius 3 is 2.65 bits per heavy atom. The van der Waals surface area contributed by atoms with Crippen LogP contribution < -0.4 is 14.2 Å². The molecule has 126 valence electrons. The van der Waals surface area contributed by atoms with Crippen molar-refractivity contribution in [2.75, 3.05) is 26.4 Å². The minimum atomic E-state index is 0.0642. The van der Waals surface area contributed by atoms with Gasteiger partial charge in [0.15, 0.2) is 18.1 Å². The van der Waals surface area contributed by atoms with E-state index in [0.717, 1.165) is 25.1 Å². The lowest BCUT2D eigenvalue weighted by molar-refractivity contribution is -0.136. The van der Waals surface area contributed by atoms with Crippen LogP contribution in [0, 0.1) is 0 Å². The molecule has 23 heavy (non-hydrogen) atoms. The Bertz CT molecular complexity index is 540. The topological polar surface area (TPSA) is 48.0 Å². The predicted octanol–water partition coefficient (Wildman–Crippen LogP) is 3.02. The van der Waals surface area contributed by atoms with E-state index in [1.807, 2.05) is 24.0 Å². The first-order valence-corrected chi connectivity index (χ1v) is 8.60. The van der Waals surface area contributed by atoms with E-state index < -0.39 is 0 Å². The van der Waals surface area contributed by atoms with Crippen LogP contribution in [0.3, 0.4) is 0 Å². The molecule has 5 nitrogen and oxygen atoms in total. The second kappa shape index (κ2) is 7.57. The number of fused-ring (bicyclic) bond motifs is 1. The van der Waals surface area contributed by atoms with E-state index in [-0.39, 0.29) is 12.5 Å². The molecule has 2 aliphatic rings. The SMILES string of the molecule is CCN(C(=O)COc1ccc2c(c1)OCCO2)C1CCCCC1. The molecule has 0 unspecified atom stereocenters. The summed E-state index contributed by atoms with van der Waals surface area (Å²) >= 11 is 0. The molecule has 0 atom stereocenters. The van der Waals surface area contributed by atoms with Crippen molar-refractivity contribution >= 4 is 5.91 Å². The molecule has 3 rings (SSSR count). The highest BCUT2D eigenvalue weighted by atomic mass is 16.6. The van der Waals surface area contributed by atoms with Gasteiger partial charge in [0.1, 0.15) is 19.0 Å². The van der Waals surface area contributed by atoms with Gasteiger partial charge in [-0.15, -0.1) is 0 Å². The number of rotatable bonds is 5. The summed E-state index contributed by atoms with van der Waals surface area (Å²) in [7, 11) is 0. The molecule has 0 aromatic heterocycles. The minimum Gasteiger partial charge on any atom is -0.486 e. The first kappa shape index (κ1) is 16.0. The second-order valence-electron chi connectivity index (χ2n) is 6.07. The fourth-order valence-electron chi connectivity index (χ4n) is 3.37. The van der Waals surface area contributed by atoms with E-state index in [4.69, 9.17) is 14.2 Å². The predicted molar refractivity (Wildman–Crippen MR) is 87.2 cm³/mol. The van der Waals surface area contributed by atoms with E-state index >= 15 is 0 Å². The van der Waals surface area contributed by atoms with Gasteiger partial charge in [-0.1, -0.05) is 19.3 Å². The number of benzene rings is 1. The number of carbonyl (C=O) groups excluding carboxylic acids is 1. The molecule has 1 aliphatic carbocycles. The number of hydrogen-bond acceptors (Lipinski definition) is 4. The maximum Gasteiger partial charge on any atom is 0.260 e. The van der Waals surface area contributed by atoms with Crippen molar-refractivity contribution in [1.29, 1.82) is 0 Å². The molecule has 1 saturated carbocycles.